The van der Waals surface area contributed by atoms with E-state index in [4.69, 9.17) is 0 Å². The van der Waals surface area contributed by atoms with Crippen LogP contribution >= 0.6 is 0 Å². The van der Waals surface area contributed by atoms with Crippen molar-refractivity contribution in [3.63, 3.8) is 0 Å². The Balaban J connectivity index is 2.08. The van der Waals surface area contributed by atoms with Crippen molar-refractivity contribution in [2.24, 2.45) is 7.05 Å². The molecule has 2 rings (SSSR count). The third-order valence-corrected chi connectivity index (χ3v) is 3.30. The van der Waals surface area contributed by atoms with Gasteiger partial charge in [-0.05, 0) is 18.2 Å². The van der Waals surface area contributed by atoms with Crippen LogP contribution < -0.4 is 10.9 Å². The maximum atomic E-state index is 12.7. The molecule has 2 aromatic rings. The van der Waals surface area contributed by atoms with Crippen molar-refractivity contribution in [2.45, 2.75) is 6.18 Å². The van der Waals surface area contributed by atoms with Gasteiger partial charge in [-0.25, -0.2) is 9.48 Å². The standard InChI is InChI=1S/C15H11F3N4O6/c1-21-13(24)5-4-10(20-21)14(25)28-7-12(23)19-9-3-2-8(15(16,17)18)6-11(9)22(26)27/h2-6H,7H2,1H3,(H,19,23). The zero-order valence-electron chi connectivity index (χ0n) is 14.0. The molecule has 0 atom stereocenters. The number of hydrogen-bond donors (Lipinski definition) is 1. The molecule has 1 heterocycles. The Labute approximate surface area is 153 Å². The molecular formula is C15H11F3N4O6. The first kappa shape index (κ1) is 20.5. The summed E-state index contributed by atoms with van der Waals surface area (Å²) in [5.74, 6) is -2.08. The molecule has 0 spiro atoms. The SMILES string of the molecule is Cn1nc(C(=O)OCC(=O)Nc2ccc(C(F)(F)F)cc2[N+](=O)[O-])ccc1=O. The molecule has 0 saturated carbocycles. The molecule has 0 aliphatic heterocycles. The zero-order valence-corrected chi connectivity index (χ0v) is 14.0. The van der Waals surface area contributed by atoms with Crippen LogP contribution in [-0.4, -0.2) is 33.2 Å². The first-order valence-electron chi connectivity index (χ1n) is 7.36. The van der Waals surface area contributed by atoms with Crippen molar-refractivity contribution >= 4 is 23.3 Å². The van der Waals surface area contributed by atoms with Crippen LogP contribution in [0.3, 0.4) is 0 Å². The Morgan fingerprint density at radius 1 is 1.29 bits per heavy atom. The summed E-state index contributed by atoms with van der Waals surface area (Å²) in [6, 6.07) is 3.67. The normalized spacial score (nSPS) is 11.0. The van der Waals surface area contributed by atoms with Gasteiger partial charge in [-0.3, -0.25) is 19.7 Å². The van der Waals surface area contributed by atoms with Crippen LogP contribution in [0.4, 0.5) is 24.5 Å². The summed E-state index contributed by atoms with van der Waals surface area (Å²) in [4.78, 5) is 44.7. The van der Waals surface area contributed by atoms with E-state index in [-0.39, 0.29) is 11.8 Å². The molecule has 0 saturated heterocycles. The van der Waals surface area contributed by atoms with Crippen molar-refractivity contribution in [1.29, 1.82) is 0 Å². The molecular weight excluding hydrogens is 389 g/mol. The third-order valence-electron chi connectivity index (χ3n) is 3.30. The molecule has 1 aromatic heterocycles. The van der Waals surface area contributed by atoms with E-state index in [1.807, 2.05) is 5.32 Å². The highest BCUT2D eigenvalue weighted by Gasteiger charge is 2.33. The van der Waals surface area contributed by atoms with Crippen LogP contribution in [0, 0.1) is 10.1 Å². The average Bonchev–Trinajstić information content (AvgIpc) is 2.61. The fraction of sp³-hybridized carbons (Fsp3) is 0.200. The van der Waals surface area contributed by atoms with Gasteiger partial charge in [-0.1, -0.05) is 0 Å². The molecule has 0 aliphatic rings. The molecule has 1 aromatic carbocycles. The molecule has 0 radical (unpaired) electrons. The topological polar surface area (TPSA) is 133 Å². The molecule has 1 amide bonds. The van der Waals surface area contributed by atoms with Crippen LogP contribution in [0.15, 0.2) is 35.1 Å². The number of amides is 1. The van der Waals surface area contributed by atoms with Crippen LogP contribution in [-0.2, 0) is 22.8 Å². The predicted molar refractivity (Wildman–Crippen MR) is 86.5 cm³/mol. The van der Waals surface area contributed by atoms with Gasteiger partial charge in [0.25, 0.3) is 17.2 Å². The van der Waals surface area contributed by atoms with E-state index < -0.39 is 52.1 Å². The van der Waals surface area contributed by atoms with E-state index in [0.717, 1.165) is 22.9 Å². The largest absolute Gasteiger partial charge is 0.451 e. The molecule has 0 unspecified atom stereocenters. The number of esters is 1. The predicted octanol–water partition coefficient (Wildman–Crippen LogP) is 1.50. The summed E-state index contributed by atoms with van der Waals surface area (Å²) in [5, 5.41) is 16.6. The van der Waals surface area contributed by atoms with Gasteiger partial charge in [0, 0.05) is 19.2 Å². The molecule has 0 bridgehead atoms. The van der Waals surface area contributed by atoms with Gasteiger partial charge in [0.1, 0.15) is 5.69 Å². The number of rotatable bonds is 5. The molecule has 1 N–H and O–H groups in total. The monoisotopic (exact) mass is 400 g/mol. The van der Waals surface area contributed by atoms with Gasteiger partial charge in [-0.2, -0.15) is 18.3 Å². The second-order valence-corrected chi connectivity index (χ2v) is 5.29. The Morgan fingerprint density at radius 2 is 1.96 bits per heavy atom. The number of nitrogens with zero attached hydrogens (tertiary/aromatic N) is 3. The fourth-order valence-corrected chi connectivity index (χ4v) is 1.97. The van der Waals surface area contributed by atoms with Crippen LogP contribution in [0.2, 0.25) is 0 Å². The Bertz CT molecular complexity index is 1000. The lowest BCUT2D eigenvalue weighted by Crippen LogP contribution is -2.25. The Morgan fingerprint density at radius 3 is 2.54 bits per heavy atom. The summed E-state index contributed by atoms with van der Waals surface area (Å²) < 4.78 is 43.5. The van der Waals surface area contributed by atoms with E-state index in [9.17, 15) is 37.7 Å². The highest BCUT2D eigenvalue weighted by molar-refractivity contribution is 5.96. The minimum absolute atomic E-state index is 0.268. The first-order chi connectivity index (χ1) is 13.0. The van der Waals surface area contributed by atoms with Crippen molar-refractivity contribution in [3.8, 4) is 0 Å². The Kier molecular flexibility index (Phi) is 5.76. The van der Waals surface area contributed by atoms with Crippen LogP contribution in [0.5, 0.6) is 0 Å². The lowest BCUT2D eigenvalue weighted by molar-refractivity contribution is -0.384. The number of carbonyl (C=O) groups is 2. The first-order valence-corrected chi connectivity index (χ1v) is 7.36. The summed E-state index contributed by atoms with van der Waals surface area (Å²) in [6.45, 7) is -0.887. The lowest BCUT2D eigenvalue weighted by atomic mass is 10.1. The number of ether oxygens (including phenoxy) is 1. The van der Waals surface area contributed by atoms with Gasteiger partial charge in [-0.15, -0.1) is 0 Å². The number of carbonyl (C=O) groups excluding carboxylic acids is 2. The molecule has 0 aliphatic carbocycles. The second-order valence-electron chi connectivity index (χ2n) is 5.29. The van der Waals surface area contributed by atoms with Crippen molar-refractivity contribution in [1.82, 2.24) is 9.78 Å². The molecule has 148 valence electrons. The number of hydrogen-bond acceptors (Lipinski definition) is 7. The molecule has 13 heteroatoms. The van der Waals surface area contributed by atoms with Crippen LogP contribution in [0.25, 0.3) is 0 Å². The average molecular weight is 400 g/mol. The number of anilines is 1. The Hall–Kier alpha value is -3.77. The number of benzene rings is 1. The van der Waals surface area contributed by atoms with Crippen molar-refractivity contribution < 1.29 is 32.4 Å². The minimum atomic E-state index is -4.80. The maximum Gasteiger partial charge on any atom is 0.416 e. The summed E-state index contributed by atoms with van der Waals surface area (Å²) >= 11 is 0. The molecule has 28 heavy (non-hydrogen) atoms. The van der Waals surface area contributed by atoms with Gasteiger partial charge in [0.15, 0.2) is 12.3 Å². The van der Waals surface area contributed by atoms with E-state index in [0.29, 0.717) is 6.07 Å². The number of aryl methyl sites for hydroxylation is 1. The summed E-state index contributed by atoms with van der Waals surface area (Å²) in [6.07, 6.45) is -4.80. The highest BCUT2D eigenvalue weighted by Crippen LogP contribution is 2.34. The van der Waals surface area contributed by atoms with E-state index >= 15 is 0 Å². The number of alkyl halides is 3. The second kappa shape index (κ2) is 7.85. The number of halogens is 3. The zero-order chi connectivity index (χ0) is 21.1. The number of aromatic nitrogens is 2. The molecule has 10 nitrogen and oxygen atoms in total. The minimum Gasteiger partial charge on any atom is -0.451 e. The van der Waals surface area contributed by atoms with E-state index in [2.05, 4.69) is 9.84 Å². The van der Waals surface area contributed by atoms with Gasteiger partial charge in [0.2, 0.25) is 0 Å². The fourth-order valence-electron chi connectivity index (χ4n) is 1.97. The van der Waals surface area contributed by atoms with Crippen LogP contribution in [0.1, 0.15) is 16.1 Å². The van der Waals surface area contributed by atoms with E-state index in [1.54, 1.807) is 0 Å². The smallest absolute Gasteiger partial charge is 0.416 e. The van der Waals surface area contributed by atoms with Gasteiger partial charge < -0.3 is 10.1 Å². The number of nitro benzene ring substituents is 1. The molecule has 0 fully saturated rings. The number of nitrogens with one attached hydrogen (secondary N) is 1. The maximum absolute atomic E-state index is 12.7. The van der Waals surface area contributed by atoms with E-state index in [1.165, 1.54) is 7.05 Å². The highest BCUT2D eigenvalue weighted by atomic mass is 19.4. The van der Waals surface area contributed by atoms with Crippen molar-refractivity contribution in [3.05, 3.63) is 62.1 Å². The van der Waals surface area contributed by atoms with Gasteiger partial charge in [0.05, 0.1) is 10.5 Å². The lowest BCUT2D eigenvalue weighted by Gasteiger charge is -2.10. The number of nitro groups is 1. The summed E-state index contributed by atoms with van der Waals surface area (Å²) in [7, 11) is 1.29. The third kappa shape index (κ3) is 4.90. The van der Waals surface area contributed by atoms with Crippen molar-refractivity contribution in [2.75, 3.05) is 11.9 Å². The summed E-state index contributed by atoms with van der Waals surface area (Å²) in [5.41, 5.74) is -3.49. The quantitative estimate of drug-likeness (QED) is 0.457. The van der Waals surface area contributed by atoms with Gasteiger partial charge >= 0.3 is 12.1 Å².